The molecule has 0 radical (unpaired) electrons. The third-order valence-corrected chi connectivity index (χ3v) is 0. The molecule has 0 heterocycles. The number of rotatable bonds is 0. The normalized spacial score (nSPS) is 2.00. The van der Waals surface area contributed by atoms with Gasteiger partial charge in [-0.25, -0.2) is 0 Å². The van der Waals surface area contributed by atoms with E-state index in [0.29, 0.717) is 0 Å². The summed E-state index contributed by atoms with van der Waals surface area (Å²) < 4.78 is 0. The summed E-state index contributed by atoms with van der Waals surface area (Å²) >= 11 is 0.125. The molecule has 0 fully saturated rings. The molecule has 0 aliphatic heterocycles. The molecule has 26 valence electrons. The van der Waals surface area contributed by atoms with Gasteiger partial charge in [0, 0.05) is 19.5 Å². The Bertz CT molecular complexity index is 7.61. The fourth-order valence-electron chi connectivity index (χ4n) is 0. The molecule has 1 nitrogen and oxygen atoms in total. The molecule has 0 aromatic carbocycles. The van der Waals surface area contributed by atoms with Gasteiger partial charge >= 0.3 is 28.2 Å². The Morgan fingerprint density at radius 2 is 1.20 bits per heavy atom. The van der Waals surface area contributed by atoms with Crippen LogP contribution in [-0.2, 0) is 36.6 Å². The molecular formula is C2H8OZn2. The average Bonchev–Trinajstić information content (AvgIpc) is 0.918. The number of hydrogen-bond acceptors (Lipinski definition) is 0. The smallest absolute Gasteiger partial charge is 0 e. The SMILES string of the molecule is O.[CH3][Zn][CH3].[Zn]. The van der Waals surface area contributed by atoms with E-state index in [9.17, 15) is 0 Å². The molecule has 0 atom stereocenters. The molecule has 0 saturated carbocycles. The molecule has 5 heavy (non-hydrogen) atoms. The van der Waals surface area contributed by atoms with Crippen molar-refractivity contribution >= 4 is 0 Å². The van der Waals surface area contributed by atoms with E-state index in [2.05, 4.69) is 11.0 Å². The van der Waals surface area contributed by atoms with Gasteiger partial charge in [0.05, 0.1) is 0 Å². The van der Waals surface area contributed by atoms with Crippen LogP contribution in [0.5, 0.6) is 0 Å². The summed E-state index contributed by atoms with van der Waals surface area (Å²) in [7, 11) is 0. The Kier molecular flexibility index (Phi) is 61.9. The fraction of sp³-hybridized carbons (Fsp3) is 1.00. The van der Waals surface area contributed by atoms with Gasteiger partial charge in [-0.3, -0.25) is 0 Å². The Morgan fingerprint density at radius 1 is 1.20 bits per heavy atom. The van der Waals surface area contributed by atoms with Crippen molar-refractivity contribution in [3.63, 3.8) is 0 Å². The van der Waals surface area contributed by atoms with Crippen LogP contribution in [0.25, 0.3) is 0 Å². The van der Waals surface area contributed by atoms with Crippen molar-refractivity contribution < 1.29 is 42.1 Å². The minimum absolute atomic E-state index is 0. The van der Waals surface area contributed by atoms with Crippen molar-refractivity contribution in [1.82, 2.24) is 0 Å². The maximum Gasteiger partial charge on any atom is 0 e. The Labute approximate surface area is 53.2 Å². The van der Waals surface area contributed by atoms with E-state index in [4.69, 9.17) is 0 Å². The van der Waals surface area contributed by atoms with E-state index in [1.807, 2.05) is 0 Å². The molecule has 0 bridgehead atoms. The van der Waals surface area contributed by atoms with Gasteiger partial charge in [0.1, 0.15) is 0 Å². The molecule has 0 rings (SSSR count). The molecule has 0 aromatic rings. The first-order valence-corrected chi connectivity index (χ1v) is 7.35. The summed E-state index contributed by atoms with van der Waals surface area (Å²) in [6, 6.07) is 0. The zero-order chi connectivity index (χ0) is 2.71. The largest absolute Gasteiger partial charge is 0 e. The van der Waals surface area contributed by atoms with Crippen LogP contribution in [0.2, 0.25) is 11.0 Å². The Hall–Kier alpha value is 1.21. The summed E-state index contributed by atoms with van der Waals surface area (Å²) in [4.78, 5) is 0. The van der Waals surface area contributed by atoms with E-state index in [1.54, 1.807) is 0 Å². The van der Waals surface area contributed by atoms with Crippen molar-refractivity contribution in [2.45, 2.75) is 11.0 Å². The van der Waals surface area contributed by atoms with E-state index >= 15 is 0 Å². The molecule has 0 aliphatic rings. The van der Waals surface area contributed by atoms with Crippen LogP contribution >= 0.6 is 0 Å². The summed E-state index contributed by atoms with van der Waals surface area (Å²) in [6.45, 7) is 0. The first-order chi connectivity index (χ1) is 1.41. The Morgan fingerprint density at radius 3 is 1.20 bits per heavy atom. The van der Waals surface area contributed by atoms with Gasteiger partial charge in [-0.15, -0.1) is 0 Å². The van der Waals surface area contributed by atoms with Crippen LogP contribution in [0.4, 0.5) is 0 Å². The second kappa shape index (κ2) is 18.9. The molecule has 0 saturated heterocycles. The van der Waals surface area contributed by atoms with Crippen LogP contribution in [-0.4, -0.2) is 5.48 Å². The van der Waals surface area contributed by atoms with Crippen LogP contribution in [0.15, 0.2) is 0 Å². The van der Waals surface area contributed by atoms with Crippen molar-refractivity contribution in [3.8, 4) is 0 Å². The van der Waals surface area contributed by atoms with E-state index in [1.165, 1.54) is 0 Å². The van der Waals surface area contributed by atoms with Crippen LogP contribution in [0, 0.1) is 0 Å². The fourth-order valence-corrected chi connectivity index (χ4v) is 0. The van der Waals surface area contributed by atoms with E-state index < -0.39 is 0 Å². The van der Waals surface area contributed by atoms with E-state index in [-0.39, 0.29) is 42.1 Å². The van der Waals surface area contributed by atoms with Crippen molar-refractivity contribution in [2.24, 2.45) is 0 Å². The summed E-state index contributed by atoms with van der Waals surface area (Å²) in [5.74, 6) is 0. The van der Waals surface area contributed by atoms with Gasteiger partial charge < -0.3 is 5.48 Å². The van der Waals surface area contributed by atoms with Gasteiger partial charge in [-0.05, 0) is 0 Å². The summed E-state index contributed by atoms with van der Waals surface area (Å²) in [6.07, 6.45) is 0. The predicted molar refractivity (Wildman–Crippen MR) is 15.3 cm³/mol. The Balaban J connectivity index is -0.0000000200. The van der Waals surface area contributed by atoms with Crippen LogP contribution in [0.1, 0.15) is 0 Å². The second-order valence-electron chi connectivity index (χ2n) is 0.707. The quantitative estimate of drug-likeness (QED) is 0.480. The maximum absolute atomic E-state index is 2.31. The minimum atomic E-state index is 0. The molecular weight excluding hydrogens is 171 g/mol. The third-order valence-electron chi connectivity index (χ3n) is 0. The zero-order valence-corrected chi connectivity index (χ0v) is 9.85. The van der Waals surface area contributed by atoms with E-state index in [0.717, 1.165) is 0 Å². The van der Waals surface area contributed by atoms with Gasteiger partial charge in [-0.1, -0.05) is 0 Å². The van der Waals surface area contributed by atoms with Gasteiger partial charge in [0.15, 0.2) is 0 Å². The van der Waals surface area contributed by atoms with Gasteiger partial charge in [-0.2, -0.15) is 0 Å². The molecule has 0 spiro atoms. The predicted octanol–water partition coefficient (Wildman–Crippen LogP) is 0.338. The zero-order valence-electron chi connectivity index (χ0n) is 3.91. The maximum atomic E-state index is 2.31. The summed E-state index contributed by atoms with van der Waals surface area (Å²) in [5, 5.41) is 0. The number of hydrogen-bond donors (Lipinski definition) is 0. The van der Waals surface area contributed by atoms with Crippen molar-refractivity contribution in [1.29, 1.82) is 0 Å². The van der Waals surface area contributed by atoms with Crippen LogP contribution in [0.3, 0.4) is 0 Å². The molecule has 0 aromatic heterocycles. The first kappa shape index (κ1) is 16.4. The topological polar surface area (TPSA) is 31.5 Å². The van der Waals surface area contributed by atoms with Crippen molar-refractivity contribution in [3.05, 3.63) is 0 Å². The van der Waals surface area contributed by atoms with Gasteiger partial charge in [0.25, 0.3) is 0 Å². The average molecular weight is 179 g/mol. The molecule has 2 N–H and O–H groups in total. The minimum Gasteiger partial charge on any atom is 0 e. The molecule has 0 unspecified atom stereocenters. The third kappa shape index (κ3) is 36.8. The molecule has 0 amide bonds. The van der Waals surface area contributed by atoms with Crippen LogP contribution < -0.4 is 0 Å². The molecule has 3 heteroatoms. The monoisotopic (exact) mass is 176 g/mol. The van der Waals surface area contributed by atoms with Gasteiger partial charge in [0.2, 0.25) is 0 Å². The standard InChI is InChI=1S/2CH3.H2O.2Zn/h2*1H3;1H2;;. The van der Waals surface area contributed by atoms with Crippen molar-refractivity contribution in [2.75, 3.05) is 0 Å². The second-order valence-corrected chi connectivity index (χ2v) is 3.67. The summed E-state index contributed by atoms with van der Waals surface area (Å²) in [5.41, 5.74) is 4.62. The molecule has 0 aliphatic carbocycles. The first-order valence-electron chi connectivity index (χ1n) is 1.41.